The van der Waals surface area contributed by atoms with Gasteiger partial charge in [-0.25, -0.2) is 4.89 Å². The highest BCUT2D eigenvalue weighted by molar-refractivity contribution is 5.66. The molecular weight excluding hydrogens is 280 g/mol. The van der Waals surface area contributed by atoms with Crippen molar-refractivity contribution in [2.75, 3.05) is 0 Å². The van der Waals surface area contributed by atoms with Crippen molar-refractivity contribution in [3.63, 3.8) is 0 Å². The van der Waals surface area contributed by atoms with Gasteiger partial charge in [0.1, 0.15) is 6.10 Å². The van der Waals surface area contributed by atoms with Crippen LogP contribution in [0.25, 0.3) is 0 Å². The number of hydrogen-bond acceptors (Lipinski definition) is 3. The molecule has 0 rings (SSSR count). The lowest BCUT2D eigenvalue weighted by atomic mass is 10.1. The van der Waals surface area contributed by atoms with E-state index in [9.17, 15) is 4.79 Å². The fourth-order valence-electron chi connectivity index (χ4n) is 2.18. The number of unbranched alkanes of at least 4 members (excludes halogenated alkanes) is 8. The first-order valence-electron chi connectivity index (χ1n) is 8.56. The molecule has 0 amide bonds. The van der Waals surface area contributed by atoms with E-state index in [0.717, 1.165) is 44.9 Å². The second-order valence-electron chi connectivity index (χ2n) is 5.62. The molecule has 0 aromatic rings. The predicted octanol–water partition coefficient (Wildman–Crippen LogP) is 5.35. The first-order chi connectivity index (χ1) is 10.7. The Bertz CT molecular complexity index is 310. The first-order valence-corrected chi connectivity index (χ1v) is 8.56. The van der Waals surface area contributed by atoms with Crippen LogP contribution in [0.2, 0.25) is 0 Å². The standard InChI is InChI=1S/C18H32O4/c1-2-3-4-8-11-14-17(22-21)15-12-9-6-5-7-10-13-16-18(19)20/h11-12,14-15,17,21H,2-10,13,16H2,1H3,(H,19,20)/b14-11+,15-12+. The quantitative estimate of drug-likeness (QED) is 0.185. The third-order valence-corrected chi connectivity index (χ3v) is 3.51. The van der Waals surface area contributed by atoms with Gasteiger partial charge in [-0.15, -0.1) is 0 Å². The van der Waals surface area contributed by atoms with Crippen LogP contribution in [0.3, 0.4) is 0 Å². The average molecular weight is 312 g/mol. The molecule has 0 aliphatic carbocycles. The Morgan fingerprint density at radius 2 is 1.50 bits per heavy atom. The summed E-state index contributed by atoms with van der Waals surface area (Å²) in [5.74, 6) is -0.708. The number of hydrogen-bond donors (Lipinski definition) is 2. The molecule has 0 aromatic carbocycles. The molecule has 0 saturated carbocycles. The summed E-state index contributed by atoms with van der Waals surface area (Å²) in [6.45, 7) is 2.18. The highest BCUT2D eigenvalue weighted by atomic mass is 17.1. The Kier molecular flexibility index (Phi) is 15.4. The highest BCUT2D eigenvalue weighted by Gasteiger charge is 1.98. The SMILES string of the molecule is CCCCC/C=C/C(/C=C/CCCCCCCC(=O)O)OO. The second kappa shape index (κ2) is 16.2. The van der Waals surface area contributed by atoms with Gasteiger partial charge in [0.2, 0.25) is 0 Å². The minimum Gasteiger partial charge on any atom is -0.481 e. The van der Waals surface area contributed by atoms with E-state index in [-0.39, 0.29) is 12.5 Å². The maximum absolute atomic E-state index is 10.3. The Hall–Kier alpha value is -1.13. The van der Waals surface area contributed by atoms with Crippen LogP contribution in [0.1, 0.15) is 77.6 Å². The van der Waals surface area contributed by atoms with Crippen molar-refractivity contribution in [1.82, 2.24) is 0 Å². The monoisotopic (exact) mass is 312 g/mol. The van der Waals surface area contributed by atoms with Gasteiger partial charge in [0, 0.05) is 6.42 Å². The zero-order chi connectivity index (χ0) is 16.5. The smallest absolute Gasteiger partial charge is 0.303 e. The van der Waals surface area contributed by atoms with Gasteiger partial charge < -0.3 is 5.11 Å². The predicted molar refractivity (Wildman–Crippen MR) is 89.9 cm³/mol. The largest absolute Gasteiger partial charge is 0.481 e. The second-order valence-corrected chi connectivity index (χ2v) is 5.62. The van der Waals surface area contributed by atoms with E-state index in [1.165, 1.54) is 19.3 Å². The van der Waals surface area contributed by atoms with Crippen LogP contribution in [-0.4, -0.2) is 22.4 Å². The zero-order valence-electron chi connectivity index (χ0n) is 13.9. The van der Waals surface area contributed by atoms with Crippen LogP contribution in [0.5, 0.6) is 0 Å². The summed E-state index contributed by atoms with van der Waals surface area (Å²) in [5, 5.41) is 17.3. The number of carbonyl (C=O) groups is 1. The van der Waals surface area contributed by atoms with E-state index >= 15 is 0 Å². The third kappa shape index (κ3) is 15.3. The Morgan fingerprint density at radius 3 is 2.05 bits per heavy atom. The molecule has 0 radical (unpaired) electrons. The summed E-state index contributed by atoms with van der Waals surface area (Å²) in [4.78, 5) is 14.8. The van der Waals surface area contributed by atoms with Gasteiger partial charge in [-0.1, -0.05) is 63.3 Å². The first kappa shape index (κ1) is 20.9. The van der Waals surface area contributed by atoms with E-state index in [4.69, 9.17) is 10.4 Å². The molecular formula is C18H32O4. The molecule has 2 N–H and O–H groups in total. The zero-order valence-corrected chi connectivity index (χ0v) is 13.9. The molecule has 0 heterocycles. The topological polar surface area (TPSA) is 66.8 Å². The molecule has 0 bridgehead atoms. The van der Waals surface area contributed by atoms with Gasteiger partial charge in [0.25, 0.3) is 0 Å². The number of aliphatic carboxylic acids is 1. The summed E-state index contributed by atoms with van der Waals surface area (Å²) in [6, 6.07) is 0. The molecule has 0 aromatic heterocycles. The fourth-order valence-corrected chi connectivity index (χ4v) is 2.18. The lowest BCUT2D eigenvalue weighted by Crippen LogP contribution is -2.02. The van der Waals surface area contributed by atoms with Crippen molar-refractivity contribution in [2.45, 2.75) is 83.7 Å². The van der Waals surface area contributed by atoms with Gasteiger partial charge in [0.05, 0.1) is 0 Å². The maximum atomic E-state index is 10.3. The Balaban J connectivity index is 3.56. The molecule has 22 heavy (non-hydrogen) atoms. The van der Waals surface area contributed by atoms with E-state index in [1.54, 1.807) is 0 Å². The lowest BCUT2D eigenvalue weighted by Gasteiger charge is -2.03. The van der Waals surface area contributed by atoms with Gasteiger partial charge in [-0.2, -0.15) is 0 Å². The summed E-state index contributed by atoms with van der Waals surface area (Å²) in [6.07, 6.45) is 18.4. The number of rotatable bonds is 15. The molecule has 128 valence electrons. The summed E-state index contributed by atoms with van der Waals surface area (Å²) in [5.41, 5.74) is 0. The van der Waals surface area contributed by atoms with Crippen LogP contribution >= 0.6 is 0 Å². The molecule has 0 aliphatic heterocycles. The number of carboxylic acids is 1. The molecule has 4 heteroatoms. The Morgan fingerprint density at radius 1 is 0.955 bits per heavy atom. The van der Waals surface area contributed by atoms with Crippen molar-refractivity contribution in [3.8, 4) is 0 Å². The molecule has 0 fully saturated rings. The molecule has 1 unspecified atom stereocenters. The minimum atomic E-state index is -0.708. The van der Waals surface area contributed by atoms with Gasteiger partial charge in [0.15, 0.2) is 0 Å². The van der Waals surface area contributed by atoms with Crippen molar-refractivity contribution in [2.24, 2.45) is 0 Å². The number of carboxylic acid groups (broad SMARTS) is 1. The van der Waals surface area contributed by atoms with E-state index in [1.807, 2.05) is 18.2 Å². The van der Waals surface area contributed by atoms with Gasteiger partial charge in [-0.3, -0.25) is 10.1 Å². The maximum Gasteiger partial charge on any atom is 0.303 e. The summed E-state index contributed by atoms with van der Waals surface area (Å²) in [7, 11) is 0. The normalized spacial score (nSPS) is 13.2. The fraction of sp³-hybridized carbons (Fsp3) is 0.722. The average Bonchev–Trinajstić information content (AvgIpc) is 2.50. The lowest BCUT2D eigenvalue weighted by molar-refractivity contribution is -0.254. The van der Waals surface area contributed by atoms with Crippen LogP contribution in [0.15, 0.2) is 24.3 Å². The van der Waals surface area contributed by atoms with Crippen molar-refractivity contribution < 1.29 is 20.0 Å². The highest BCUT2D eigenvalue weighted by Crippen LogP contribution is 2.08. The Labute approximate surface area is 134 Å². The van der Waals surface area contributed by atoms with Gasteiger partial charge in [-0.05, 0) is 32.1 Å². The molecule has 0 saturated heterocycles. The molecule has 0 spiro atoms. The summed E-state index contributed by atoms with van der Waals surface area (Å²) >= 11 is 0. The number of allylic oxidation sites excluding steroid dienone is 2. The molecule has 0 aliphatic rings. The van der Waals surface area contributed by atoms with E-state index in [2.05, 4.69) is 17.9 Å². The third-order valence-electron chi connectivity index (χ3n) is 3.51. The van der Waals surface area contributed by atoms with Crippen molar-refractivity contribution >= 4 is 5.97 Å². The van der Waals surface area contributed by atoms with E-state index in [0.29, 0.717) is 0 Å². The van der Waals surface area contributed by atoms with Crippen molar-refractivity contribution in [3.05, 3.63) is 24.3 Å². The van der Waals surface area contributed by atoms with Crippen LogP contribution in [-0.2, 0) is 9.68 Å². The minimum absolute atomic E-state index is 0.278. The van der Waals surface area contributed by atoms with Crippen LogP contribution in [0.4, 0.5) is 0 Å². The molecule has 4 nitrogen and oxygen atoms in total. The molecule has 1 atom stereocenters. The van der Waals surface area contributed by atoms with Crippen LogP contribution in [0, 0.1) is 0 Å². The van der Waals surface area contributed by atoms with E-state index < -0.39 is 5.97 Å². The van der Waals surface area contributed by atoms with Gasteiger partial charge >= 0.3 is 5.97 Å². The van der Waals surface area contributed by atoms with Crippen LogP contribution < -0.4 is 0 Å². The summed E-state index contributed by atoms with van der Waals surface area (Å²) < 4.78 is 0. The van der Waals surface area contributed by atoms with Crippen molar-refractivity contribution in [1.29, 1.82) is 0 Å².